The number of amides is 4. The fraction of sp³-hybridized carbons (Fsp3) is 0.556. The Kier molecular flexibility index (Phi) is 10.9. The topological polar surface area (TPSA) is 187 Å². The van der Waals surface area contributed by atoms with Crippen LogP contribution in [0.2, 0.25) is 5.02 Å². The van der Waals surface area contributed by atoms with Crippen molar-refractivity contribution >= 4 is 64.7 Å². The minimum Gasteiger partial charge on any atom is -0.444 e. The number of benzene rings is 1. The highest BCUT2D eigenvalue weighted by Gasteiger charge is 2.49. The number of ether oxygens (including phenoxy) is 3. The van der Waals surface area contributed by atoms with Crippen LogP contribution in [0.15, 0.2) is 18.7 Å². The standard InChI is InChI=1S/C36H46ClFN8O8/c1-33(2,3)52-30(49)43-36(29(48)42-20-10-11-20)12-13-44(17-36)24-14-23(37)25(38)22(16-47)21(24)15-45-19-41-26-27(45)39-18-40-28(26)46(31(50)53-34(4,5)6)32(51)54-35(7,8)9/h14,16,18-20H,10-13,15,17H2,1-9H3,(H,42,48)(H,43,49)/t36-/m1/s1. The Labute approximate surface area is 317 Å². The van der Waals surface area contributed by atoms with Crippen LogP contribution in [0.3, 0.4) is 0 Å². The maximum Gasteiger partial charge on any atom is 0.425 e. The first-order chi connectivity index (χ1) is 25.0. The molecule has 2 aliphatic rings. The third-order valence-corrected chi connectivity index (χ3v) is 8.51. The van der Waals surface area contributed by atoms with Gasteiger partial charge in [-0.25, -0.2) is 33.7 Å². The zero-order valence-electron chi connectivity index (χ0n) is 31.8. The number of imide groups is 1. The highest BCUT2D eigenvalue weighted by molar-refractivity contribution is 6.31. The summed E-state index contributed by atoms with van der Waals surface area (Å²) >= 11 is 6.34. The maximum atomic E-state index is 15.6. The van der Waals surface area contributed by atoms with E-state index >= 15 is 4.39 Å². The average Bonchev–Trinajstić information content (AvgIpc) is 3.58. The van der Waals surface area contributed by atoms with Gasteiger partial charge in [-0.3, -0.25) is 9.59 Å². The van der Waals surface area contributed by atoms with Crippen LogP contribution >= 0.6 is 11.6 Å². The molecule has 292 valence electrons. The lowest BCUT2D eigenvalue weighted by Gasteiger charge is -2.32. The number of alkyl carbamates (subject to hydrolysis) is 1. The van der Waals surface area contributed by atoms with Crippen LogP contribution in [0.1, 0.15) is 97.5 Å². The lowest BCUT2D eigenvalue weighted by atomic mass is 9.97. The smallest absolute Gasteiger partial charge is 0.425 e. The zero-order valence-corrected chi connectivity index (χ0v) is 32.6. The Morgan fingerprint density at radius 1 is 0.981 bits per heavy atom. The van der Waals surface area contributed by atoms with Crippen molar-refractivity contribution in [3.63, 3.8) is 0 Å². The molecular formula is C36H46ClFN8O8. The van der Waals surface area contributed by atoms with Gasteiger partial charge in [0.05, 0.1) is 30.0 Å². The molecule has 0 bridgehead atoms. The van der Waals surface area contributed by atoms with Gasteiger partial charge in [0.25, 0.3) is 0 Å². The van der Waals surface area contributed by atoms with Crippen LogP contribution in [-0.4, -0.2) is 91.5 Å². The average molecular weight is 773 g/mol. The normalized spacial score (nSPS) is 17.6. The predicted octanol–water partition coefficient (Wildman–Crippen LogP) is 5.91. The highest BCUT2D eigenvalue weighted by atomic mass is 35.5. The number of fused-ring (bicyclic) bond motifs is 1. The summed E-state index contributed by atoms with van der Waals surface area (Å²) in [5, 5.41) is 5.42. The summed E-state index contributed by atoms with van der Waals surface area (Å²) in [6.07, 6.45) is 1.65. The summed E-state index contributed by atoms with van der Waals surface area (Å²) in [4.78, 5) is 81.4. The van der Waals surface area contributed by atoms with Crippen LogP contribution in [0.4, 0.5) is 30.3 Å². The van der Waals surface area contributed by atoms with E-state index in [1.165, 1.54) is 17.0 Å². The summed E-state index contributed by atoms with van der Waals surface area (Å²) in [6.45, 7) is 14.9. The van der Waals surface area contributed by atoms with Crippen LogP contribution < -0.4 is 20.4 Å². The van der Waals surface area contributed by atoms with Crippen molar-refractivity contribution in [2.45, 2.75) is 117 Å². The minimum absolute atomic E-state index is 0.00338. The number of anilines is 2. The van der Waals surface area contributed by atoms with Gasteiger partial charge in [-0.15, -0.1) is 0 Å². The summed E-state index contributed by atoms with van der Waals surface area (Å²) < 4.78 is 33.6. The molecule has 1 saturated heterocycles. The van der Waals surface area contributed by atoms with Crippen molar-refractivity contribution in [2.75, 3.05) is 22.9 Å². The zero-order chi connectivity index (χ0) is 40.0. The number of hydrogen-bond acceptors (Lipinski definition) is 12. The SMILES string of the molecule is CC(C)(C)OC(=O)N[C@]1(C(=O)NC2CC2)CCN(c2cc(Cl)c(F)c(C=O)c2Cn2cnc3c(N(C(=O)OC(C)(C)C)C(=O)OC(C)(C)C)ncnc32)C1. The van der Waals surface area contributed by atoms with Crippen molar-refractivity contribution in [2.24, 2.45) is 0 Å². The lowest BCUT2D eigenvalue weighted by molar-refractivity contribution is -0.127. The number of hydrogen-bond donors (Lipinski definition) is 2. The number of nitrogens with one attached hydrogen (secondary N) is 2. The Bertz CT molecular complexity index is 1950. The maximum absolute atomic E-state index is 15.6. The molecule has 2 N–H and O–H groups in total. The number of aldehydes is 1. The quantitative estimate of drug-likeness (QED) is 0.204. The molecule has 0 unspecified atom stereocenters. The second-order valence-corrected chi connectivity index (χ2v) is 16.8. The second kappa shape index (κ2) is 14.6. The Morgan fingerprint density at radius 2 is 1.59 bits per heavy atom. The molecule has 0 spiro atoms. The Hall–Kier alpha value is -5.06. The van der Waals surface area contributed by atoms with Gasteiger partial charge in [0.2, 0.25) is 5.91 Å². The first-order valence-corrected chi connectivity index (χ1v) is 17.8. The second-order valence-electron chi connectivity index (χ2n) is 16.4. The summed E-state index contributed by atoms with van der Waals surface area (Å²) in [5.74, 6) is -1.59. The van der Waals surface area contributed by atoms with E-state index in [0.29, 0.717) is 16.9 Å². The van der Waals surface area contributed by atoms with E-state index < -0.39 is 52.3 Å². The molecule has 2 fully saturated rings. The van der Waals surface area contributed by atoms with Gasteiger partial charge >= 0.3 is 18.3 Å². The van der Waals surface area contributed by atoms with E-state index in [2.05, 4.69) is 25.6 Å². The Morgan fingerprint density at radius 3 is 2.15 bits per heavy atom. The van der Waals surface area contributed by atoms with E-state index in [4.69, 9.17) is 25.8 Å². The Balaban J connectivity index is 1.56. The number of carbonyl (C=O) groups excluding carboxylic acids is 5. The molecule has 16 nitrogen and oxygen atoms in total. The van der Waals surface area contributed by atoms with Crippen molar-refractivity contribution in [3.8, 4) is 0 Å². The molecule has 18 heteroatoms. The van der Waals surface area contributed by atoms with Gasteiger partial charge in [-0.1, -0.05) is 11.6 Å². The van der Waals surface area contributed by atoms with Gasteiger partial charge in [0.1, 0.15) is 28.7 Å². The van der Waals surface area contributed by atoms with Crippen molar-refractivity contribution < 1.29 is 42.6 Å². The molecule has 3 aromatic rings. The van der Waals surface area contributed by atoms with E-state index in [1.807, 2.05) is 0 Å². The number of rotatable bonds is 8. The molecule has 1 atom stereocenters. The molecule has 0 radical (unpaired) electrons. The highest BCUT2D eigenvalue weighted by Crippen LogP contribution is 2.37. The molecule has 5 rings (SSSR count). The predicted molar refractivity (Wildman–Crippen MR) is 196 cm³/mol. The van der Waals surface area contributed by atoms with Crippen LogP contribution in [0.25, 0.3) is 11.2 Å². The van der Waals surface area contributed by atoms with Crippen molar-refractivity contribution in [3.05, 3.63) is 40.7 Å². The number of carbonyl (C=O) groups is 5. The first kappa shape index (κ1) is 40.1. The molecular weight excluding hydrogens is 727 g/mol. The van der Waals surface area contributed by atoms with E-state index in [0.717, 1.165) is 19.2 Å². The van der Waals surface area contributed by atoms with E-state index in [1.54, 1.807) is 67.2 Å². The van der Waals surface area contributed by atoms with Crippen LogP contribution in [-0.2, 0) is 25.5 Å². The number of nitrogens with zero attached hydrogens (tertiary/aromatic N) is 6. The molecule has 1 aliphatic heterocycles. The van der Waals surface area contributed by atoms with E-state index in [-0.39, 0.29) is 65.2 Å². The van der Waals surface area contributed by atoms with Gasteiger partial charge in [-0.2, -0.15) is 4.90 Å². The molecule has 1 aromatic carbocycles. The monoisotopic (exact) mass is 772 g/mol. The molecule has 1 aliphatic carbocycles. The minimum atomic E-state index is -1.43. The molecule has 2 aromatic heterocycles. The summed E-state index contributed by atoms with van der Waals surface area (Å²) in [7, 11) is 0. The molecule has 1 saturated carbocycles. The lowest BCUT2D eigenvalue weighted by Crippen LogP contribution is -2.61. The van der Waals surface area contributed by atoms with Gasteiger partial charge in [0.15, 0.2) is 29.1 Å². The third kappa shape index (κ3) is 9.17. The van der Waals surface area contributed by atoms with Gasteiger partial charge < -0.3 is 34.3 Å². The van der Waals surface area contributed by atoms with Crippen LogP contribution in [0.5, 0.6) is 0 Å². The fourth-order valence-corrected chi connectivity index (χ4v) is 6.04. The molecule has 54 heavy (non-hydrogen) atoms. The van der Waals surface area contributed by atoms with Crippen molar-refractivity contribution in [1.82, 2.24) is 30.2 Å². The molecule has 3 heterocycles. The van der Waals surface area contributed by atoms with Crippen LogP contribution in [0, 0.1) is 5.82 Å². The molecule has 4 amide bonds. The summed E-state index contributed by atoms with van der Waals surface area (Å²) in [6, 6.07) is 1.35. The van der Waals surface area contributed by atoms with E-state index in [9.17, 15) is 24.0 Å². The van der Waals surface area contributed by atoms with Gasteiger partial charge in [0, 0.05) is 23.8 Å². The fourth-order valence-electron chi connectivity index (χ4n) is 5.83. The van der Waals surface area contributed by atoms with Gasteiger partial charge in [-0.05, 0) is 87.6 Å². The number of aromatic nitrogens is 4. The third-order valence-electron chi connectivity index (χ3n) is 8.23. The summed E-state index contributed by atoms with van der Waals surface area (Å²) in [5.41, 5.74) is -4.00. The largest absolute Gasteiger partial charge is 0.444 e. The first-order valence-electron chi connectivity index (χ1n) is 17.5. The number of halogens is 2. The van der Waals surface area contributed by atoms with Crippen molar-refractivity contribution in [1.29, 1.82) is 0 Å². The number of imidazole rings is 1.